The van der Waals surface area contributed by atoms with Crippen LogP contribution in [0.2, 0.25) is 0 Å². The molecule has 7 heteroatoms. The molecule has 1 unspecified atom stereocenters. The SMILES string of the molecule is CN=C(NCc1ccnc(N2CCCC2)c1)N1CCOC(c2ccc(C)cc2C)C1.I. The van der Waals surface area contributed by atoms with Crippen LogP contribution in [0.4, 0.5) is 5.82 Å². The number of rotatable bonds is 4. The van der Waals surface area contributed by atoms with Crippen LogP contribution < -0.4 is 10.2 Å². The summed E-state index contributed by atoms with van der Waals surface area (Å²) in [5.74, 6) is 2.01. The molecule has 6 nitrogen and oxygen atoms in total. The normalized spacial score (nSPS) is 19.3. The molecule has 0 spiro atoms. The van der Waals surface area contributed by atoms with Gasteiger partial charge >= 0.3 is 0 Å². The van der Waals surface area contributed by atoms with E-state index in [2.05, 4.69) is 69.3 Å². The Morgan fingerprint density at radius 3 is 2.71 bits per heavy atom. The second-order valence-corrected chi connectivity index (χ2v) is 8.28. The van der Waals surface area contributed by atoms with E-state index in [0.717, 1.165) is 44.5 Å². The van der Waals surface area contributed by atoms with Gasteiger partial charge in [0, 0.05) is 39.4 Å². The van der Waals surface area contributed by atoms with E-state index < -0.39 is 0 Å². The molecule has 1 N–H and O–H groups in total. The largest absolute Gasteiger partial charge is 0.370 e. The van der Waals surface area contributed by atoms with Crippen molar-refractivity contribution in [2.45, 2.75) is 39.3 Å². The molecule has 2 aliphatic heterocycles. The van der Waals surface area contributed by atoms with Gasteiger partial charge in [0.25, 0.3) is 0 Å². The number of nitrogens with zero attached hydrogens (tertiary/aromatic N) is 4. The van der Waals surface area contributed by atoms with Crippen LogP contribution >= 0.6 is 24.0 Å². The Bertz CT molecular complexity index is 897. The Hall–Kier alpha value is -1.87. The third kappa shape index (κ3) is 5.88. The zero-order chi connectivity index (χ0) is 20.9. The fourth-order valence-electron chi connectivity index (χ4n) is 4.42. The van der Waals surface area contributed by atoms with Crippen molar-refractivity contribution in [2.75, 3.05) is 44.7 Å². The Morgan fingerprint density at radius 2 is 1.97 bits per heavy atom. The second-order valence-electron chi connectivity index (χ2n) is 8.28. The van der Waals surface area contributed by atoms with Gasteiger partial charge in [-0.1, -0.05) is 23.8 Å². The van der Waals surface area contributed by atoms with Crippen molar-refractivity contribution in [1.82, 2.24) is 15.2 Å². The Labute approximate surface area is 203 Å². The van der Waals surface area contributed by atoms with Crippen LogP contribution in [0.3, 0.4) is 0 Å². The first-order valence-electron chi connectivity index (χ1n) is 11.0. The van der Waals surface area contributed by atoms with Gasteiger partial charge in [-0.2, -0.15) is 0 Å². The molecule has 2 fully saturated rings. The van der Waals surface area contributed by atoms with E-state index in [1.807, 2.05) is 13.2 Å². The molecule has 0 aliphatic carbocycles. The zero-order valence-corrected chi connectivity index (χ0v) is 21.1. The highest BCUT2D eigenvalue weighted by molar-refractivity contribution is 14.0. The van der Waals surface area contributed by atoms with Crippen LogP contribution in [0.25, 0.3) is 0 Å². The molecule has 168 valence electrons. The fourth-order valence-corrected chi connectivity index (χ4v) is 4.42. The molecule has 31 heavy (non-hydrogen) atoms. The predicted molar refractivity (Wildman–Crippen MR) is 137 cm³/mol. The summed E-state index contributed by atoms with van der Waals surface area (Å²) >= 11 is 0. The van der Waals surface area contributed by atoms with E-state index in [4.69, 9.17) is 4.74 Å². The highest BCUT2D eigenvalue weighted by Crippen LogP contribution is 2.26. The van der Waals surface area contributed by atoms with Gasteiger partial charge in [0.15, 0.2) is 5.96 Å². The van der Waals surface area contributed by atoms with E-state index in [1.54, 1.807) is 0 Å². The number of benzene rings is 1. The number of guanidine groups is 1. The minimum atomic E-state index is 0. The summed E-state index contributed by atoms with van der Waals surface area (Å²) in [6.07, 6.45) is 4.50. The van der Waals surface area contributed by atoms with Crippen molar-refractivity contribution in [3.05, 3.63) is 58.8 Å². The van der Waals surface area contributed by atoms with Gasteiger partial charge in [-0.15, -0.1) is 24.0 Å². The second kappa shape index (κ2) is 11.1. The van der Waals surface area contributed by atoms with Gasteiger partial charge < -0.3 is 19.9 Å². The van der Waals surface area contributed by atoms with Gasteiger partial charge in [-0.3, -0.25) is 4.99 Å². The van der Waals surface area contributed by atoms with Crippen molar-refractivity contribution in [3.8, 4) is 0 Å². The van der Waals surface area contributed by atoms with Crippen LogP contribution in [0.15, 0.2) is 41.5 Å². The lowest BCUT2D eigenvalue weighted by Crippen LogP contribution is -2.48. The average Bonchev–Trinajstić information content (AvgIpc) is 3.30. The summed E-state index contributed by atoms with van der Waals surface area (Å²) in [5, 5.41) is 3.54. The van der Waals surface area contributed by atoms with Crippen molar-refractivity contribution in [2.24, 2.45) is 4.99 Å². The number of aliphatic imine (C=N–C) groups is 1. The summed E-state index contributed by atoms with van der Waals surface area (Å²) in [5.41, 5.74) is 5.07. The van der Waals surface area contributed by atoms with E-state index in [1.165, 1.54) is 35.1 Å². The molecular weight excluding hydrogens is 501 g/mol. The van der Waals surface area contributed by atoms with Gasteiger partial charge in [-0.25, -0.2) is 4.98 Å². The van der Waals surface area contributed by atoms with E-state index in [0.29, 0.717) is 6.61 Å². The third-order valence-electron chi connectivity index (χ3n) is 6.04. The van der Waals surface area contributed by atoms with E-state index in [9.17, 15) is 0 Å². The maximum absolute atomic E-state index is 6.11. The van der Waals surface area contributed by atoms with Crippen molar-refractivity contribution in [1.29, 1.82) is 0 Å². The lowest BCUT2D eigenvalue weighted by molar-refractivity contribution is -0.00834. The standard InChI is InChI=1S/C24H33N5O.HI/c1-18-6-7-21(19(2)14-18)22-17-29(12-13-30-22)24(25-3)27-16-20-8-9-26-23(15-20)28-10-4-5-11-28;/h6-9,14-15,22H,4-5,10-13,16-17H2,1-3H3,(H,25,27);1H. The number of nitrogens with one attached hydrogen (secondary N) is 1. The van der Waals surface area contributed by atoms with Gasteiger partial charge in [0.05, 0.1) is 13.2 Å². The maximum atomic E-state index is 6.11. The first kappa shape index (κ1) is 23.8. The van der Waals surface area contributed by atoms with Crippen LogP contribution in [-0.4, -0.2) is 55.7 Å². The molecular formula is C24H34IN5O. The summed E-state index contributed by atoms with van der Waals surface area (Å²) in [6.45, 7) is 9.60. The number of morpholine rings is 1. The van der Waals surface area contributed by atoms with Crippen LogP contribution in [0, 0.1) is 13.8 Å². The molecule has 0 radical (unpaired) electrons. The number of ether oxygens (including phenoxy) is 1. The molecule has 1 aromatic carbocycles. The molecule has 2 aliphatic rings. The van der Waals surface area contributed by atoms with Crippen molar-refractivity contribution in [3.63, 3.8) is 0 Å². The predicted octanol–water partition coefficient (Wildman–Crippen LogP) is 4.07. The maximum Gasteiger partial charge on any atom is 0.194 e. The number of aryl methyl sites for hydroxylation is 2. The quantitative estimate of drug-likeness (QED) is 0.364. The highest BCUT2D eigenvalue weighted by Gasteiger charge is 2.25. The Balaban J connectivity index is 0.00000272. The summed E-state index contributed by atoms with van der Waals surface area (Å²) < 4.78 is 6.11. The van der Waals surface area contributed by atoms with Crippen molar-refractivity contribution >= 4 is 35.8 Å². The molecule has 2 aromatic rings. The smallest absolute Gasteiger partial charge is 0.194 e. The minimum absolute atomic E-state index is 0. The summed E-state index contributed by atoms with van der Waals surface area (Å²) in [7, 11) is 1.85. The molecule has 3 heterocycles. The lowest BCUT2D eigenvalue weighted by Gasteiger charge is -2.36. The minimum Gasteiger partial charge on any atom is -0.370 e. The number of hydrogen-bond donors (Lipinski definition) is 1. The van der Waals surface area contributed by atoms with Gasteiger partial charge in [0.1, 0.15) is 11.9 Å². The fraction of sp³-hybridized carbons (Fsp3) is 0.500. The summed E-state index contributed by atoms with van der Waals surface area (Å²) in [6, 6.07) is 10.9. The molecule has 4 rings (SSSR count). The molecule has 1 aromatic heterocycles. The number of pyridine rings is 1. The van der Waals surface area contributed by atoms with Crippen LogP contribution in [0.1, 0.15) is 41.2 Å². The van der Waals surface area contributed by atoms with Gasteiger partial charge in [-0.05, 0) is 55.5 Å². The molecule has 1 atom stereocenters. The van der Waals surface area contributed by atoms with Gasteiger partial charge in [0.2, 0.25) is 0 Å². The van der Waals surface area contributed by atoms with E-state index >= 15 is 0 Å². The van der Waals surface area contributed by atoms with Crippen LogP contribution in [-0.2, 0) is 11.3 Å². The summed E-state index contributed by atoms with van der Waals surface area (Å²) in [4.78, 5) is 13.8. The monoisotopic (exact) mass is 535 g/mol. The molecule has 2 saturated heterocycles. The number of hydrogen-bond acceptors (Lipinski definition) is 4. The number of anilines is 1. The number of halogens is 1. The Kier molecular flexibility index (Phi) is 8.54. The third-order valence-corrected chi connectivity index (χ3v) is 6.04. The first-order chi connectivity index (χ1) is 14.6. The van der Waals surface area contributed by atoms with E-state index in [-0.39, 0.29) is 30.1 Å². The molecule has 0 amide bonds. The Morgan fingerprint density at radius 1 is 1.16 bits per heavy atom. The topological polar surface area (TPSA) is 53.0 Å². The number of aromatic nitrogens is 1. The van der Waals surface area contributed by atoms with Crippen LogP contribution in [0.5, 0.6) is 0 Å². The molecule has 0 bridgehead atoms. The lowest BCUT2D eigenvalue weighted by atomic mass is 10.00. The van der Waals surface area contributed by atoms with Crippen molar-refractivity contribution < 1.29 is 4.74 Å². The first-order valence-corrected chi connectivity index (χ1v) is 11.0. The molecule has 0 saturated carbocycles. The highest BCUT2D eigenvalue weighted by atomic mass is 127. The zero-order valence-electron chi connectivity index (χ0n) is 18.8. The average molecular weight is 535 g/mol.